The Labute approximate surface area is 167 Å². The van der Waals surface area contributed by atoms with Crippen LogP contribution in [0.1, 0.15) is 16.8 Å². The summed E-state index contributed by atoms with van der Waals surface area (Å²) in [6, 6.07) is 1.70. The molecule has 0 fully saturated rings. The van der Waals surface area contributed by atoms with Crippen molar-refractivity contribution in [2.75, 3.05) is 11.9 Å². The summed E-state index contributed by atoms with van der Waals surface area (Å²) in [5.74, 6) is -1.70. The molecule has 0 saturated carbocycles. The molecule has 0 aliphatic carbocycles. The van der Waals surface area contributed by atoms with Crippen molar-refractivity contribution in [2.45, 2.75) is 6.42 Å². The average molecular weight is 640 g/mol. The molecule has 22 heavy (non-hydrogen) atoms. The van der Waals surface area contributed by atoms with E-state index in [2.05, 4.69) is 17.2 Å². The lowest BCUT2D eigenvalue weighted by atomic mass is 10.2. The highest BCUT2D eigenvalue weighted by Crippen LogP contribution is 2.31. The van der Waals surface area contributed by atoms with Crippen molar-refractivity contribution >= 4 is 91.2 Å². The first-order valence-corrected chi connectivity index (χ1v) is 9.12. The van der Waals surface area contributed by atoms with Crippen molar-refractivity contribution in [3.05, 3.63) is 35.0 Å². The molecule has 1 aromatic carbocycles. The van der Waals surface area contributed by atoms with Gasteiger partial charge in [0.2, 0.25) is 11.8 Å². The topological polar surface area (TPSA) is 95.5 Å². The van der Waals surface area contributed by atoms with Gasteiger partial charge in [-0.3, -0.25) is 9.59 Å². The second-order valence-electron chi connectivity index (χ2n) is 4.00. The van der Waals surface area contributed by atoms with E-state index in [4.69, 9.17) is 0 Å². The van der Waals surface area contributed by atoms with Gasteiger partial charge in [0.25, 0.3) is 0 Å². The molecule has 3 N–H and O–H groups in total. The minimum atomic E-state index is -1.04. The van der Waals surface area contributed by atoms with E-state index in [-0.39, 0.29) is 30.3 Å². The monoisotopic (exact) mass is 640 g/mol. The minimum Gasteiger partial charge on any atom is -0.478 e. The number of hydrogen-bond acceptors (Lipinski definition) is 3. The quantitative estimate of drug-likeness (QED) is 0.330. The minimum absolute atomic E-state index is 0.0835. The molecular weight excluding hydrogens is 629 g/mol. The Balaban J connectivity index is 2.87. The van der Waals surface area contributed by atoms with Crippen LogP contribution < -0.4 is 10.6 Å². The van der Waals surface area contributed by atoms with E-state index >= 15 is 0 Å². The molecule has 1 rings (SSSR count). The van der Waals surface area contributed by atoms with Crippen LogP contribution in [0.4, 0.5) is 5.69 Å². The normalized spacial score (nSPS) is 9.95. The molecule has 9 heteroatoms. The van der Waals surface area contributed by atoms with Crippen LogP contribution >= 0.6 is 67.8 Å². The maximum atomic E-state index is 11.9. The van der Waals surface area contributed by atoms with Crippen molar-refractivity contribution in [3.63, 3.8) is 0 Å². The molecule has 0 heterocycles. The first-order chi connectivity index (χ1) is 10.3. The largest absolute Gasteiger partial charge is 0.478 e. The van der Waals surface area contributed by atoms with Gasteiger partial charge in [-0.1, -0.05) is 6.58 Å². The smallest absolute Gasteiger partial charge is 0.337 e. The van der Waals surface area contributed by atoms with Crippen molar-refractivity contribution < 1.29 is 19.5 Å². The molecular formula is C13H11I3N2O4. The summed E-state index contributed by atoms with van der Waals surface area (Å²) in [6.07, 6.45) is 1.21. The number of nitrogens with one attached hydrogen (secondary N) is 2. The number of anilines is 1. The van der Waals surface area contributed by atoms with Crippen molar-refractivity contribution in [3.8, 4) is 0 Å². The zero-order chi connectivity index (χ0) is 16.9. The molecule has 0 spiro atoms. The second-order valence-corrected chi connectivity index (χ2v) is 7.41. The molecule has 0 radical (unpaired) electrons. The predicted molar refractivity (Wildman–Crippen MR) is 108 cm³/mol. The number of aromatic carboxylic acids is 1. The van der Waals surface area contributed by atoms with Crippen LogP contribution in [0.15, 0.2) is 18.7 Å². The Morgan fingerprint density at radius 2 is 1.86 bits per heavy atom. The number of carbonyl (C=O) groups excluding carboxylic acids is 2. The highest BCUT2D eigenvalue weighted by molar-refractivity contribution is 14.1. The van der Waals surface area contributed by atoms with E-state index in [0.717, 1.165) is 9.65 Å². The Hall–Kier alpha value is -0.440. The molecule has 0 saturated heterocycles. The summed E-state index contributed by atoms with van der Waals surface area (Å²) in [5.41, 5.74) is 0.635. The number of carboxylic acid groups (broad SMARTS) is 1. The fraction of sp³-hybridized carbons (Fsp3) is 0.154. The highest BCUT2D eigenvalue weighted by atomic mass is 127. The van der Waals surface area contributed by atoms with Crippen LogP contribution in [0.3, 0.4) is 0 Å². The van der Waals surface area contributed by atoms with E-state index in [1.54, 1.807) is 6.07 Å². The van der Waals surface area contributed by atoms with Gasteiger partial charge in [0, 0.05) is 20.1 Å². The molecule has 118 valence electrons. The van der Waals surface area contributed by atoms with Crippen LogP contribution in [0.25, 0.3) is 0 Å². The fourth-order valence-electron chi connectivity index (χ4n) is 1.47. The van der Waals surface area contributed by atoms with E-state index in [9.17, 15) is 19.5 Å². The van der Waals surface area contributed by atoms with Gasteiger partial charge < -0.3 is 15.7 Å². The van der Waals surface area contributed by atoms with Gasteiger partial charge in [-0.2, -0.15) is 0 Å². The standard InChI is InChI=1S/C13H11I3N2O4/c1-2-8(19)17-4-3-9(20)18-12-7(15)5-6(14)10(11(12)16)13(21)22/h2,5H,1,3-4H2,(H,17,19)(H,18,20)(H,21,22). The zero-order valence-electron chi connectivity index (χ0n) is 11.1. The maximum absolute atomic E-state index is 11.9. The second kappa shape index (κ2) is 9.00. The van der Waals surface area contributed by atoms with Gasteiger partial charge in [0.05, 0.1) is 14.8 Å². The fourth-order valence-corrected chi connectivity index (χ4v) is 5.58. The Morgan fingerprint density at radius 1 is 1.23 bits per heavy atom. The molecule has 0 unspecified atom stereocenters. The number of amides is 2. The summed E-state index contributed by atoms with van der Waals surface area (Å²) < 4.78 is 1.83. The van der Waals surface area contributed by atoms with E-state index in [1.165, 1.54) is 0 Å². The van der Waals surface area contributed by atoms with Gasteiger partial charge in [0.15, 0.2) is 0 Å². The lowest BCUT2D eigenvalue weighted by Crippen LogP contribution is -2.26. The SMILES string of the molecule is C=CC(=O)NCCC(=O)Nc1c(I)cc(I)c(C(=O)O)c1I. The van der Waals surface area contributed by atoms with Crippen molar-refractivity contribution in [1.29, 1.82) is 0 Å². The molecule has 0 bridgehead atoms. The summed E-state index contributed by atoms with van der Waals surface area (Å²) in [4.78, 5) is 34.2. The predicted octanol–water partition coefficient (Wildman–Crippen LogP) is 2.83. The third kappa shape index (κ3) is 5.33. The Bertz CT molecular complexity index is 647. The third-order valence-electron chi connectivity index (χ3n) is 2.49. The third-order valence-corrected chi connectivity index (χ3v) is 5.27. The molecule has 0 atom stereocenters. The molecule has 1 aromatic rings. The zero-order valence-corrected chi connectivity index (χ0v) is 17.6. The highest BCUT2D eigenvalue weighted by Gasteiger charge is 2.20. The Kier molecular flexibility index (Phi) is 8.02. The molecule has 0 aromatic heterocycles. The van der Waals surface area contributed by atoms with E-state index in [1.807, 2.05) is 67.8 Å². The Morgan fingerprint density at radius 3 is 2.41 bits per heavy atom. The average Bonchev–Trinajstić information content (AvgIpc) is 2.42. The first-order valence-electron chi connectivity index (χ1n) is 5.88. The van der Waals surface area contributed by atoms with Crippen LogP contribution in [0.2, 0.25) is 0 Å². The number of halogens is 3. The number of carboxylic acids is 1. The molecule has 6 nitrogen and oxygen atoms in total. The maximum Gasteiger partial charge on any atom is 0.337 e. The summed E-state index contributed by atoms with van der Waals surface area (Å²) >= 11 is 5.90. The van der Waals surface area contributed by atoms with Gasteiger partial charge in [0.1, 0.15) is 0 Å². The van der Waals surface area contributed by atoms with E-state index in [0.29, 0.717) is 12.8 Å². The van der Waals surface area contributed by atoms with Crippen molar-refractivity contribution in [2.24, 2.45) is 0 Å². The van der Waals surface area contributed by atoms with Crippen LogP contribution in [-0.2, 0) is 9.59 Å². The number of hydrogen-bond donors (Lipinski definition) is 3. The van der Waals surface area contributed by atoms with Crippen LogP contribution in [0.5, 0.6) is 0 Å². The summed E-state index contributed by atoms with van der Waals surface area (Å²) in [7, 11) is 0. The molecule has 0 aliphatic rings. The number of benzene rings is 1. The van der Waals surface area contributed by atoms with Gasteiger partial charge in [-0.25, -0.2) is 4.79 Å². The van der Waals surface area contributed by atoms with E-state index < -0.39 is 5.97 Å². The summed E-state index contributed by atoms with van der Waals surface area (Å²) in [5, 5.41) is 14.4. The summed E-state index contributed by atoms with van der Waals surface area (Å²) in [6.45, 7) is 3.49. The number of rotatable bonds is 6. The number of carbonyl (C=O) groups is 3. The van der Waals surface area contributed by atoms with Gasteiger partial charge in [-0.05, 0) is 79.9 Å². The van der Waals surface area contributed by atoms with Crippen molar-refractivity contribution in [1.82, 2.24) is 5.32 Å². The first kappa shape index (κ1) is 19.6. The van der Waals surface area contributed by atoms with Gasteiger partial charge >= 0.3 is 5.97 Å². The molecule has 2 amide bonds. The van der Waals surface area contributed by atoms with Gasteiger partial charge in [-0.15, -0.1) is 0 Å². The van der Waals surface area contributed by atoms with Crippen LogP contribution in [0, 0.1) is 10.7 Å². The molecule has 0 aliphatic heterocycles. The lowest BCUT2D eigenvalue weighted by Gasteiger charge is -2.13. The van der Waals surface area contributed by atoms with Crippen LogP contribution in [-0.4, -0.2) is 29.4 Å². The lowest BCUT2D eigenvalue weighted by molar-refractivity contribution is -0.117.